The number of benzene rings is 1. The van der Waals surface area contributed by atoms with Crippen LogP contribution in [0.3, 0.4) is 0 Å². The maximum absolute atomic E-state index is 12.3. The predicted octanol–water partition coefficient (Wildman–Crippen LogP) is 2.53. The third-order valence-corrected chi connectivity index (χ3v) is 4.84. The number of piperazine rings is 1. The number of amides is 1. The molecule has 0 atom stereocenters. The van der Waals surface area contributed by atoms with Crippen LogP contribution in [0.1, 0.15) is 22.6 Å². The smallest absolute Gasteiger partial charge is 0.228 e. The Morgan fingerprint density at radius 3 is 2.52 bits per heavy atom. The summed E-state index contributed by atoms with van der Waals surface area (Å²) in [7, 11) is 2.15. The van der Waals surface area contributed by atoms with E-state index in [1.165, 1.54) is 11.3 Å². The minimum Gasteiger partial charge on any atom is -0.369 e. The van der Waals surface area contributed by atoms with E-state index in [2.05, 4.69) is 40.3 Å². The van der Waals surface area contributed by atoms with Crippen LogP contribution >= 0.6 is 0 Å². The molecule has 0 radical (unpaired) electrons. The fourth-order valence-electron chi connectivity index (χ4n) is 3.26. The highest BCUT2D eigenvalue weighted by molar-refractivity contribution is 5.92. The molecule has 1 N–H and O–H groups in total. The second-order valence-corrected chi connectivity index (χ2v) is 6.82. The molecular formula is C19H26N4O2. The van der Waals surface area contributed by atoms with Gasteiger partial charge < -0.3 is 19.6 Å². The predicted molar refractivity (Wildman–Crippen MR) is 99.2 cm³/mol. The topological polar surface area (TPSA) is 61.6 Å². The van der Waals surface area contributed by atoms with E-state index in [4.69, 9.17) is 4.52 Å². The van der Waals surface area contributed by atoms with Crippen molar-refractivity contribution in [1.29, 1.82) is 0 Å². The van der Waals surface area contributed by atoms with E-state index in [0.717, 1.165) is 43.1 Å². The summed E-state index contributed by atoms with van der Waals surface area (Å²) in [6.07, 6.45) is 0.278. The highest BCUT2D eigenvalue weighted by atomic mass is 16.5. The number of carbonyl (C=O) groups excluding carboxylic acids is 1. The lowest BCUT2D eigenvalue weighted by molar-refractivity contribution is -0.115. The van der Waals surface area contributed by atoms with Crippen LogP contribution in [0, 0.1) is 20.8 Å². The van der Waals surface area contributed by atoms with Gasteiger partial charge in [-0.1, -0.05) is 5.16 Å². The van der Waals surface area contributed by atoms with Crippen molar-refractivity contribution in [1.82, 2.24) is 10.1 Å². The quantitative estimate of drug-likeness (QED) is 0.925. The molecule has 25 heavy (non-hydrogen) atoms. The van der Waals surface area contributed by atoms with Gasteiger partial charge in [-0.3, -0.25) is 4.79 Å². The van der Waals surface area contributed by atoms with Crippen LogP contribution in [-0.4, -0.2) is 49.2 Å². The molecule has 1 amide bonds. The lowest BCUT2D eigenvalue weighted by Gasteiger charge is -2.35. The third-order valence-electron chi connectivity index (χ3n) is 4.84. The molecule has 0 spiro atoms. The summed E-state index contributed by atoms with van der Waals surface area (Å²) in [5, 5.41) is 6.87. The first-order valence-electron chi connectivity index (χ1n) is 8.70. The van der Waals surface area contributed by atoms with E-state index in [-0.39, 0.29) is 12.3 Å². The molecule has 2 heterocycles. The molecule has 0 bridgehead atoms. The molecule has 0 unspecified atom stereocenters. The molecule has 0 saturated carbocycles. The van der Waals surface area contributed by atoms with Crippen LogP contribution in [0.15, 0.2) is 22.7 Å². The molecule has 0 aliphatic carbocycles. The zero-order valence-electron chi connectivity index (χ0n) is 15.4. The minimum atomic E-state index is -0.0545. The number of anilines is 2. The van der Waals surface area contributed by atoms with Crippen LogP contribution in [0.5, 0.6) is 0 Å². The number of carbonyl (C=O) groups is 1. The Morgan fingerprint density at radius 1 is 1.20 bits per heavy atom. The van der Waals surface area contributed by atoms with Gasteiger partial charge in [-0.2, -0.15) is 0 Å². The van der Waals surface area contributed by atoms with Crippen LogP contribution in [0.2, 0.25) is 0 Å². The zero-order valence-corrected chi connectivity index (χ0v) is 15.4. The second-order valence-electron chi connectivity index (χ2n) is 6.82. The van der Waals surface area contributed by atoms with E-state index >= 15 is 0 Å². The molecule has 1 saturated heterocycles. The molecule has 134 valence electrons. The molecule has 1 fully saturated rings. The van der Waals surface area contributed by atoms with E-state index in [0.29, 0.717) is 5.76 Å². The van der Waals surface area contributed by atoms with E-state index < -0.39 is 0 Å². The second kappa shape index (κ2) is 7.27. The number of aromatic nitrogens is 1. The van der Waals surface area contributed by atoms with Gasteiger partial charge in [-0.15, -0.1) is 0 Å². The van der Waals surface area contributed by atoms with Gasteiger partial charge in [0, 0.05) is 43.1 Å². The average molecular weight is 342 g/mol. The maximum Gasteiger partial charge on any atom is 0.228 e. The number of aryl methyl sites for hydroxylation is 3. The van der Waals surface area contributed by atoms with Crippen molar-refractivity contribution in [2.75, 3.05) is 43.4 Å². The Labute approximate surface area is 148 Å². The number of rotatable bonds is 4. The van der Waals surface area contributed by atoms with Crippen molar-refractivity contribution in [2.24, 2.45) is 0 Å². The molecule has 1 aromatic carbocycles. The Bertz CT molecular complexity index is 741. The number of nitrogens with zero attached hydrogens (tertiary/aromatic N) is 3. The van der Waals surface area contributed by atoms with Crippen molar-refractivity contribution >= 4 is 17.3 Å². The highest BCUT2D eigenvalue weighted by Crippen LogP contribution is 2.25. The Balaban J connectivity index is 1.65. The van der Waals surface area contributed by atoms with Crippen LogP contribution in [0.25, 0.3) is 0 Å². The third kappa shape index (κ3) is 4.02. The monoisotopic (exact) mass is 342 g/mol. The van der Waals surface area contributed by atoms with Gasteiger partial charge in [0.1, 0.15) is 5.76 Å². The molecular weight excluding hydrogens is 316 g/mol. The number of likely N-dealkylation sites (N-methyl/N-ethyl adjacent to an activating group) is 1. The normalized spacial score (nSPS) is 15.4. The first kappa shape index (κ1) is 17.5. The number of hydrogen-bond donors (Lipinski definition) is 1. The lowest BCUT2D eigenvalue weighted by atomic mass is 10.1. The van der Waals surface area contributed by atoms with Crippen molar-refractivity contribution in [3.63, 3.8) is 0 Å². The molecule has 1 aliphatic rings. The van der Waals surface area contributed by atoms with E-state index in [1.54, 1.807) is 0 Å². The fourth-order valence-corrected chi connectivity index (χ4v) is 3.26. The van der Waals surface area contributed by atoms with Crippen molar-refractivity contribution in [3.05, 3.63) is 40.8 Å². The summed E-state index contributed by atoms with van der Waals surface area (Å²) in [6.45, 7) is 10.0. The van der Waals surface area contributed by atoms with Gasteiger partial charge in [-0.05, 0) is 51.6 Å². The summed E-state index contributed by atoms with van der Waals surface area (Å²) in [5.74, 6) is 0.649. The summed E-state index contributed by atoms with van der Waals surface area (Å²) >= 11 is 0. The Morgan fingerprint density at radius 2 is 1.92 bits per heavy atom. The molecule has 3 rings (SSSR count). The van der Waals surface area contributed by atoms with Gasteiger partial charge in [0.05, 0.1) is 12.1 Å². The average Bonchev–Trinajstić information content (AvgIpc) is 2.88. The Kier molecular flexibility index (Phi) is 5.08. The van der Waals surface area contributed by atoms with Crippen molar-refractivity contribution < 1.29 is 9.32 Å². The van der Waals surface area contributed by atoms with Crippen LogP contribution in [0.4, 0.5) is 11.4 Å². The zero-order chi connectivity index (χ0) is 18.0. The van der Waals surface area contributed by atoms with Crippen LogP contribution in [-0.2, 0) is 11.2 Å². The van der Waals surface area contributed by atoms with Gasteiger partial charge >= 0.3 is 0 Å². The molecule has 1 aliphatic heterocycles. The van der Waals surface area contributed by atoms with E-state index in [1.807, 2.05) is 26.0 Å². The van der Waals surface area contributed by atoms with Gasteiger partial charge in [-0.25, -0.2) is 0 Å². The molecule has 6 heteroatoms. The van der Waals surface area contributed by atoms with E-state index in [9.17, 15) is 4.79 Å². The summed E-state index contributed by atoms with van der Waals surface area (Å²) in [6, 6.07) is 6.12. The van der Waals surface area contributed by atoms with Gasteiger partial charge in [0.15, 0.2) is 0 Å². The van der Waals surface area contributed by atoms with Crippen molar-refractivity contribution in [2.45, 2.75) is 27.2 Å². The highest BCUT2D eigenvalue weighted by Gasteiger charge is 2.17. The molecule has 6 nitrogen and oxygen atoms in total. The molecule has 2 aromatic rings. The first-order valence-corrected chi connectivity index (χ1v) is 8.70. The lowest BCUT2D eigenvalue weighted by Crippen LogP contribution is -2.44. The Hall–Kier alpha value is -2.34. The number of hydrogen-bond acceptors (Lipinski definition) is 5. The first-order chi connectivity index (χ1) is 11.9. The van der Waals surface area contributed by atoms with Gasteiger partial charge in [0.25, 0.3) is 0 Å². The summed E-state index contributed by atoms with van der Waals surface area (Å²) in [4.78, 5) is 17.1. The summed E-state index contributed by atoms with van der Waals surface area (Å²) in [5.41, 5.74) is 4.89. The fraction of sp³-hybridized carbons (Fsp3) is 0.474. The van der Waals surface area contributed by atoms with Crippen molar-refractivity contribution in [3.8, 4) is 0 Å². The maximum atomic E-state index is 12.3. The standard InChI is InChI=1S/C19H26N4O2/c1-13-11-16(5-6-18(13)23-9-7-22(4)8-10-23)20-19(24)12-17-14(2)21-25-15(17)3/h5-6,11H,7-10,12H2,1-4H3,(H,20,24). The minimum absolute atomic E-state index is 0.0545. The largest absolute Gasteiger partial charge is 0.369 e. The molecule has 1 aromatic heterocycles. The SMILES string of the molecule is Cc1cc(NC(=O)Cc2c(C)noc2C)ccc1N1CCN(C)CC1. The van der Waals surface area contributed by atoms with Crippen LogP contribution < -0.4 is 10.2 Å². The van der Waals surface area contributed by atoms with Gasteiger partial charge in [0.2, 0.25) is 5.91 Å². The number of nitrogens with one attached hydrogen (secondary N) is 1. The summed E-state index contributed by atoms with van der Waals surface area (Å²) < 4.78 is 5.12.